The number of benzene rings is 1. The lowest BCUT2D eigenvalue weighted by molar-refractivity contribution is -0.128. The maximum absolute atomic E-state index is 12.3. The molecule has 1 aromatic carbocycles. The third-order valence-corrected chi connectivity index (χ3v) is 7.53. The van der Waals surface area contributed by atoms with E-state index in [1.807, 2.05) is 29.2 Å². The molecule has 2 aromatic rings. The summed E-state index contributed by atoms with van der Waals surface area (Å²) in [6.45, 7) is 2.74. The number of carboxylic acids is 1. The van der Waals surface area contributed by atoms with Crippen molar-refractivity contribution in [3.63, 3.8) is 0 Å². The molecule has 5 nitrogen and oxygen atoms in total. The van der Waals surface area contributed by atoms with Gasteiger partial charge >= 0.3 is 5.97 Å². The number of hydrogen-bond donors (Lipinski definition) is 2. The van der Waals surface area contributed by atoms with Crippen LogP contribution in [0.5, 0.6) is 0 Å². The molecular weight excluding hydrogens is 434 g/mol. The molecule has 3 rings (SSSR count). The van der Waals surface area contributed by atoms with E-state index in [0.29, 0.717) is 17.8 Å². The molecule has 1 fully saturated rings. The van der Waals surface area contributed by atoms with Gasteiger partial charge in [0.2, 0.25) is 5.91 Å². The quantitative estimate of drug-likeness (QED) is 0.307. The number of carbonyl (C=O) groups is 2. The number of aliphatic hydroxyl groups excluding tert-OH is 1. The van der Waals surface area contributed by atoms with Gasteiger partial charge in [-0.3, -0.25) is 4.79 Å². The van der Waals surface area contributed by atoms with E-state index < -0.39 is 12.1 Å². The van der Waals surface area contributed by atoms with Crippen LogP contribution in [-0.2, 0) is 17.6 Å². The first-order chi connectivity index (χ1) is 15.9. The molecule has 2 N–H and O–H groups in total. The van der Waals surface area contributed by atoms with Crippen molar-refractivity contribution in [3.8, 4) is 0 Å². The van der Waals surface area contributed by atoms with Gasteiger partial charge in [-0.05, 0) is 62.1 Å². The number of nitrogens with zero attached hydrogens (tertiary/aromatic N) is 1. The van der Waals surface area contributed by atoms with Gasteiger partial charge in [-0.15, -0.1) is 11.3 Å². The summed E-state index contributed by atoms with van der Waals surface area (Å²) >= 11 is 1.30. The number of carboxylic acid groups (broad SMARTS) is 1. The molecule has 1 unspecified atom stereocenters. The minimum Gasteiger partial charge on any atom is -0.477 e. The van der Waals surface area contributed by atoms with Crippen LogP contribution < -0.4 is 0 Å². The third-order valence-electron chi connectivity index (χ3n) is 6.40. The fraction of sp³-hybridized carbons (Fsp3) is 0.481. The molecule has 1 amide bonds. The number of aliphatic hydroxyl groups is 1. The summed E-state index contributed by atoms with van der Waals surface area (Å²) in [7, 11) is 0. The number of aromatic carboxylic acids is 1. The molecule has 178 valence electrons. The number of carbonyl (C=O) groups excluding carboxylic acids is 1. The number of unbranched alkanes of at least 4 members (excludes halogenated alkanes) is 1. The van der Waals surface area contributed by atoms with Crippen LogP contribution in [0.15, 0.2) is 54.6 Å². The van der Waals surface area contributed by atoms with Gasteiger partial charge in [-0.2, -0.15) is 0 Å². The Bertz CT molecular complexity index is 923. The lowest BCUT2D eigenvalue weighted by atomic mass is 9.95. The summed E-state index contributed by atoms with van der Waals surface area (Å²) < 4.78 is 0. The van der Waals surface area contributed by atoms with E-state index in [2.05, 4.69) is 31.2 Å². The first-order valence-electron chi connectivity index (χ1n) is 12.0. The number of hydrogen-bond acceptors (Lipinski definition) is 4. The van der Waals surface area contributed by atoms with E-state index in [-0.39, 0.29) is 17.9 Å². The van der Waals surface area contributed by atoms with Crippen LogP contribution in [0.3, 0.4) is 0 Å². The van der Waals surface area contributed by atoms with Gasteiger partial charge in [0.05, 0.1) is 12.1 Å². The first-order valence-corrected chi connectivity index (χ1v) is 12.8. The summed E-state index contributed by atoms with van der Waals surface area (Å²) in [5, 5.41) is 19.6. The first kappa shape index (κ1) is 25.2. The third kappa shape index (κ3) is 7.83. The van der Waals surface area contributed by atoms with Crippen molar-refractivity contribution in [3.05, 3.63) is 69.9 Å². The molecule has 2 heterocycles. The number of rotatable bonds is 13. The average Bonchev–Trinajstić information content (AvgIpc) is 3.43. The topological polar surface area (TPSA) is 77.8 Å². The molecule has 1 aliphatic rings. The van der Waals surface area contributed by atoms with Crippen LogP contribution in [-0.4, -0.2) is 45.7 Å². The summed E-state index contributed by atoms with van der Waals surface area (Å²) in [5.41, 5.74) is 1.36. The zero-order valence-corrected chi connectivity index (χ0v) is 20.2. The second-order valence-corrected chi connectivity index (χ2v) is 10.1. The van der Waals surface area contributed by atoms with Gasteiger partial charge in [0, 0.05) is 17.8 Å². The van der Waals surface area contributed by atoms with E-state index in [4.69, 9.17) is 5.11 Å². The maximum Gasteiger partial charge on any atom is 0.345 e. The van der Waals surface area contributed by atoms with Crippen LogP contribution in [0.25, 0.3) is 0 Å². The van der Waals surface area contributed by atoms with Gasteiger partial charge in [-0.1, -0.05) is 55.8 Å². The molecule has 6 heteroatoms. The molecule has 1 aromatic heterocycles. The smallest absolute Gasteiger partial charge is 0.345 e. The molecule has 1 aliphatic heterocycles. The van der Waals surface area contributed by atoms with Gasteiger partial charge < -0.3 is 15.1 Å². The van der Waals surface area contributed by atoms with Crippen molar-refractivity contribution < 1.29 is 19.8 Å². The van der Waals surface area contributed by atoms with Crippen LogP contribution in [0.1, 0.15) is 65.6 Å². The van der Waals surface area contributed by atoms with Crippen LogP contribution in [0, 0.1) is 5.92 Å². The van der Waals surface area contributed by atoms with Gasteiger partial charge in [0.15, 0.2) is 0 Å². The SMILES string of the molecule is C[C@H](CCCCc1ccccc1)[C@H](O)C=CC1CCC(=O)N1CCCc1ccc(C(=O)O)s1. The summed E-state index contributed by atoms with van der Waals surface area (Å²) in [5.74, 6) is -0.550. The molecule has 0 spiro atoms. The summed E-state index contributed by atoms with van der Waals surface area (Å²) in [6.07, 6.45) is 10.5. The van der Waals surface area contributed by atoms with Crippen molar-refractivity contribution in [2.45, 2.75) is 70.4 Å². The number of thiophene rings is 1. The van der Waals surface area contributed by atoms with E-state index in [1.165, 1.54) is 16.9 Å². The number of amides is 1. The predicted octanol–water partition coefficient (Wildman–Crippen LogP) is 5.34. The Kier molecular flexibility index (Phi) is 9.70. The zero-order chi connectivity index (χ0) is 23.6. The Hall–Kier alpha value is -2.44. The van der Waals surface area contributed by atoms with E-state index in [0.717, 1.165) is 49.8 Å². The molecule has 1 saturated heterocycles. The summed E-state index contributed by atoms with van der Waals surface area (Å²) in [6, 6.07) is 14.0. The second kappa shape index (κ2) is 12.7. The van der Waals surface area contributed by atoms with Crippen LogP contribution in [0.2, 0.25) is 0 Å². The fourth-order valence-electron chi connectivity index (χ4n) is 4.34. The fourth-order valence-corrected chi connectivity index (χ4v) is 5.23. The maximum atomic E-state index is 12.3. The molecule has 33 heavy (non-hydrogen) atoms. The molecule has 0 bridgehead atoms. The van der Waals surface area contributed by atoms with Crippen molar-refractivity contribution in [1.29, 1.82) is 0 Å². The zero-order valence-electron chi connectivity index (χ0n) is 19.4. The lowest BCUT2D eigenvalue weighted by Gasteiger charge is -2.23. The predicted molar refractivity (Wildman–Crippen MR) is 133 cm³/mol. The van der Waals surface area contributed by atoms with Gasteiger partial charge in [-0.25, -0.2) is 4.79 Å². The molecule has 0 radical (unpaired) electrons. The molecule has 0 aliphatic carbocycles. The Morgan fingerprint density at radius 1 is 1.15 bits per heavy atom. The van der Waals surface area contributed by atoms with Gasteiger partial charge in [0.25, 0.3) is 0 Å². The van der Waals surface area contributed by atoms with Crippen molar-refractivity contribution in [1.82, 2.24) is 4.90 Å². The Morgan fingerprint density at radius 3 is 2.67 bits per heavy atom. The largest absolute Gasteiger partial charge is 0.477 e. The highest BCUT2D eigenvalue weighted by molar-refractivity contribution is 7.13. The molecular formula is C27H35NO4S. The minimum atomic E-state index is -0.893. The van der Waals surface area contributed by atoms with E-state index in [9.17, 15) is 14.7 Å². The lowest BCUT2D eigenvalue weighted by Crippen LogP contribution is -2.33. The minimum absolute atomic E-state index is 0.0374. The van der Waals surface area contributed by atoms with Crippen molar-refractivity contribution in [2.75, 3.05) is 6.54 Å². The highest BCUT2D eigenvalue weighted by atomic mass is 32.1. The van der Waals surface area contributed by atoms with Crippen LogP contribution in [0.4, 0.5) is 0 Å². The normalized spacial score (nSPS) is 18.2. The highest BCUT2D eigenvalue weighted by Gasteiger charge is 2.28. The molecule has 0 saturated carbocycles. The van der Waals surface area contributed by atoms with Crippen molar-refractivity contribution in [2.24, 2.45) is 5.92 Å². The standard InChI is InChI=1S/C27H35NO4S/c1-20(8-5-6-11-21-9-3-2-4-10-21)24(29)16-13-22-14-18-26(30)28(22)19-7-12-23-15-17-25(33-23)27(31)32/h2-4,9-10,13,15-17,20,22,24,29H,5-8,11-12,14,18-19H2,1H3,(H,31,32)/t20-,22?,24-/m1/s1. The summed E-state index contributed by atoms with van der Waals surface area (Å²) in [4.78, 5) is 26.7. The second-order valence-electron chi connectivity index (χ2n) is 8.95. The van der Waals surface area contributed by atoms with Crippen LogP contribution >= 0.6 is 11.3 Å². The number of aryl methyl sites for hydroxylation is 2. The van der Waals surface area contributed by atoms with Crippen molar-refractivity contribution >= 4 is 23.2 Å². The average molecular weight is 470 g/mol. The molecule has 3 atom stereocenters. The monoisotopic (exact) mass is 469 g/mol. The number of likely N-dealkylation sites (tertiary alicyclic amines) is 1. The Labute approximate surface area is 200 Å². The Balaban J connectivity index is 1.40. The van der Waals surface area contributed by atoms with Gasteiger partial charge in [0.1, 0.15) is 4.88 Å². The highest BCUT2D eigenvalue weighted by Crippen LogP contribution is 2.23. The van der Waals surface area contributed by atoms with E-state index >= 15 is 0 Å². The Morgan fingerprint density at radius 2 is 1.94 bits per heavy atom. The van der Waals surface area contributed by atoms with E-state index in [1.54, 1.807) is 6.07 Å².